The fourth-order valence-electron chi connectivity index (χ4n) is 4.65. The van der Waals surface area contributed by atoms with Gasteiger partial charge in [-0.1, -0.05) is 13.0 Å². The predicted octanol–water partition coefficient (Wildman–Crippen LogP) is 3.05. The summed E-state index contributed by atoms with van der Waals surface area (Å²) in [7, 11) is 0. The first kappa shape index (κ1) is 18.8. The van der Waals surface area contributed by atoms with Crippen LogP contribution in [0, 0.1) is 0 Å². The highest BCUT2D eigenvalue weighted by molar-refractivity contribution is 5.98. The van der Waals surface area contributed by atoms with Gasteiger partial charge in [-0.25, -0.2) is 0 Å². The first-order chi connectivity index (χ1) is 14.7. The molecule has 30 heavy (non-hydrogen) atoms. The molecule has 1 aromatic carbocycles. The van der Waals surface area contributed by atoms with Crippen molar-refractivity contribution in [3.05, 3.63) is 59.5 Å². The maximum atomic E-state index is 13.1. The molecule has 2 aliphatic rings. The third-order valence-corrected chi connectivity index (χ3v) is 6.31. The number of benzene rings is 1. The van der Waals surface area contributed by atoms with E-state index in [0.717, 1.165) is 42.0 Å². The van der Waals surface area contributed by atoms with Crippen LogP contribution in [0.3, 0.4) is 0 Å². The van der Waals surface area contributed by atoms with Gasteiger partial charge in [0.2, 0.25) is 5.91 Å². The summed E-state index contributed by atoms with van der Waals surface area (Å²) < 4.78 is 2.05. The van der Waals surface area contributed by atoms with Gasteiger partial charge in [0, 0.05) is 49.4 Å². The molecular formula is C23H25N5O2. The Labute approximate surface area is 175 Å². The standard InChI is InChI=1S/C23H25N5O2/c1-2-21(29)27-14-10-17-15-18(6-7-19(17)27)23(30)26-12-8-16(9-13-26)22-25-24-20-5-3-4-11-28(20)22/h3-7,11,15-16H,2,8-10,12-14H2,1H3. The summed E-state index contributed by atoms with van der Waals surface area (Å²) in [6.07, 6.45) is 5.07. The molecule has 4 heterocycles. The number of aromatic nitrogens is 3. The molecule has 0 spiro atoms. The Morgan fingerprint density at radius 2 is 1.90 bits per heavy atom. The van der Waals surface area contributed by atoms with E-state index < -0.39 is 0 Å². The first-order valence-electron chi connectivity index (χ1n) is 10.7. The van der Waals surface area contributed by atoms with Crippen molar-refractivity contribution in [3.63, 3.8) is 0 Å². The molecule has 0 bridgehead atoms. The van der Waals surface area contributed by atoms with Crippen LogP contribution < -0.4 is 4.90 Å². The zero-order valence-electron chi connectivity index (χ0n) is 17.1. The predicted molar refractivity (Wildman–Crippen MR) is 114 cm³/mol. The summed E-state index contributed by atoms with van der Waals surface area (Å²) in [5.74, 6) is 1.49. The summed E-state index contributed by atoms with van der Waals surface area (Å²) in [6, 6.07) is 11.7. The number of hydrogen-bond donors (Lipinski definition) is 0. The minimum absolute atomic E-state index is 0.0719. The van der Waals surface area contributed by atoms with Crippen LogP contribution in [-0.2, 0) is 11.2 Å². The molecule has 154 valence electrons. The highest BCUT2D eigenvalue weighted by Gasteiger charge is 2.29. The lowest BCUT2D eigenvalue weighted by Crippen LogP contribution is -2.38. The molecule has 2 aliphatic heterocycles. The largest absolute Gasteiger partial charge is 0.339 e. The van der Waals surface area contributed by atoms with Crippen LogP contribution in [0.15, 0.2) is 42.6 Å². The molecule has 0 radical (unpaired) electrons. The SMILES string of the molecule is CCC(=O)N1CCc2cc(C(=O)N3CCC(c4nnc5ccccn45)CC3)ccc21. The number of fused-ring (bicyclic) bond motifs is 2. The van der Waals surface area contributed by atoms with Crippen molar-refractivity contribution in [2.24, 2.45) is 0 Å². The van der Waals surface area contributed by atoms with Gasteiger partial charge in [0.15, 0.2) is 5.65 Å². The van der Waals surface area contributed by atoms with Crippen LogP contribution in [0.4, 0.5) is 5.69 Å². The second-order valence-electron chi connectivity index (χ2n) is 8.05. The summed E-state index contributed by atoms with van der Waals surface area (Å²) in [6.45, 7) is 4.01. The number of carbonyl (C=O) groups excluding carboxylic acids is 2. The van der Waals surface area contributed by atoms with E-state index in [2.05, 4.69) is 10.2 Å². The molecular weight excluding hydrogens is 378 g/mol. The highest BCUT2D eigenvalue weighted by atomic mass is 16.2. The summed E-state index contributed by atoms with van der Waals surface area (Å²) in [5, 5.41) is 8.65. The topological polar surface area (TPSA) is 70.8 Å². The number of amides is 2. The van der Waals surface area contributed by atoms with Crippen LogP contribution in [0.2, 0.25) is 0 Å². The zero-order valence-corrected chi connectivity index (χ0v) is 17.1. The van der Waals surface area contributed by atoms with Crippen molar-refractivity contribution in [1.82, 2.24) is 19.5 Å². The lowest BCUT2D eigenvalue weighted by atomic mass is 9.95. The second-order valence-corrected chi connectivity index (χ2v) is 8.05. The number of nitrogens with zero attached hydrogens (tertiary/aromatic N) is 5. The molecule has 7 nitrogen and oxygen atoms in total. The number of piperidine rings is 1. The number of rotatable bonds is 3. The van der Waals surface area contributed by atoms with E-state index >= 15 is 0 Å². The van der Waals surface area contributed by atoms with Gasteiger partial charge in [-0.15, -0.1) is 10.2 Å². The van der Waals surface area contributed by atoms with Crippen LogP contribution in [-0.4, -0.2) is 50.9 Å². The van der Waals surface area contributed by atoms with E-state index in [-0.39, 0.29) is 11.8 Å². The highest BCUT2D eigenvalue weighted by Crippen LogP contribution is 2.31. The third kappa shape index (κ3) is 3.14. The smallest absolute Gasteiger partial charge is 0.253 e. The molecule has 0 saturated carbocycles. The van der Waals surface area contributed by atoms with Crippen LogP contribution in [0.1, 0.15) is 53.8 Å². The van der Waals surface area contributed by atoms with Crippen molar-refractivity contribution in [1.29, 1.82) is 0 Å². The van der Waals surface area contributed by atoms with Crippen LogP contribution >= 0.6 is 0 Å². The quantitative estimate of drug-likeness (QED) is 0.674. The van der Waals surface area contributed by atoms with Gasteiger partial charge in [-0.3, -0.25) is 14.0 Å². The molecule has 0 N–H and O–H groups in total. The molecule has 5 rings (SSSR count). The van der Waals surface area contributed by atoms with Gasteiger partial charge in [0.25, 0.3) is 5.91 Å². The van der Waals surface area contributed by atoms with E-state index in [1.54, 1.807) is 0 Å². The number of likely N-dealkylation sites (tertiary alicyclic amines) is 1. The number of anilines is 1. The molecule has 2 amide bonds. The summed E-state index contributed by atoms with van der Waals surface area (Å²) in [4.78, 5) is 28.9. The van der Waals surface area contributed by atoms with Crippen LogP contribution in [0.25, 0.3) is 5.65 Å². The Hall–Kier alpha value is -3.22. The van der Waals surface area contributed by atoms with Crippen molar-refractivity contribution >= 4 is 23.1 Å². The average molecular weight is 403 g/mol. The lowest BCUT2D eigenvalue weighted by Gasteiger charge is -2.31. The van der Waals surface area contributed by atoms with E-state index in [9.17, 15) is 9.59 Å². The molecule has 7 heteroatoms. The number of pyridine rings is 1. The lowest BCUT2D eigenvalue weighted by molar-refractivity contribution is -0.118. The molecule has 2 aromatic heterocycles. The van der Waals surface area contributed by atoms with Crippen molar-refractivity contribution < 1.29 is 9.59 Å². The van der Waals surface area contributed by atoms with E-state index in [0.29, 0.717) is 37.5 Å². The maximum absolute atomic E-state index is 13.1. The van der Waals surface area contributed by atoms with Gasteiger partial charge in [-0.05, 0) is 55.2 Å². The Morgan fingerprint density at radius 3 is 2.70 bits per heavy atom. The Balaban J connectivity index is 1.28. The average Bonchev–Trinajstić information content (AvgIpc) is 3.42. The zero-order chi connectivity index (χ0) is 20.7. The Kier molecular flexibility index (Phi) is 4.73. The van der Waals surface area contributed by atoms with E-state index in [1.165, 1.54) is 0 Å². The first-order valence-corrected chi connectivity index (χ1v) is 10.7. The third-order valence-electron chi connectivity index (χ3n) is 6.31. The monoisotopic (exact) mass is 403 g/mol. The minimum Gasteiger partial charge on any atom is -0.339 e. The van der Waals surface area contributed by atoms with Crippen LogP contribution in [0.5, 0.6) is 0 Å². The molecule has 0 aliphatic carbocycles. The molecule has 0 atom stereocenters. The normalized spacial score (nSPS) is 16.8. The fraction of sp³-hybridized carbons (Fsp3) is 0.391. The molecule has 1 saturated heterocycles. The Morgan fingerprint density at radius 1 is 1.07 bits per heavy atom. The van der Waals surface area contributed by atoms with Gasteiger partial charge >= 0.3 is 0 Å². The fourth-order valence-corrected chi connectivity index (χ4v) is 4.65. The molecule has 1 fully saturated rings. The number of carbonyl (C=O) groups is 2. The van der Waals surface area contributed by atoms with Gasteiger partial charge in [0.1, 0.15) is 5.82 Å². The maximum Gasteiger partial charge on any atom is 0.253 e. The second kappa shape index (κ2) is 7.55. The Bertz CT molecular complexity index is 1110. The molecule has 3 aromatic rings. The summed E-state index contributed by atoms with van der Waals surface area (Å²) in [5.41, 5.74) is 3.62. The van der Waals surface area contributed by atoms with Crippen molar-refractivity contribution in [2.45, 2.75) is 38.5 Å². The molecule has 0 unspecified atom stereocenters. The van der Waals surface area contributed by atoms with E-state index in [4.69, 9.17) is 0 Å². The van der Waals surface area contributed by atoms with Gasteiger partial charge < -0.3 is 9.80 Å². The van der Waals surface area contributed by atoms with Gasteiger partial charge in [0.05, 0.1) is 0 Å². The van der Waals surface area contributed by atoms with E-state index in [1.807, 2.05) is 63.7 Å². The number of hydrogen-bond acceptors (Lipinski definition) is 4. The van der Waals surface area contributed by atoms with Crippen molar-refractivity contribution in [2.75, 3.05) is 24.5 Å². The minimum atomic E-state index is 0.0719. The van der Waals surface area contributed by atoms with Gasteiger partial charge in [-0.2, -0.15) is 0 Å². The van der Waals surface area contributed by atoms with Crippen molar-refractivity contribution in [3.8, 4) is 0 Å². The summed E-state index contributed by atoms with van der Waals surface area (Å²) >= 11 is 0.